The maximum atomic E-state index is 11.4. The van der Waals surface area contributed by atoms with Gasteiger partial charge in [-0.3, -0.25) is 4.79 Å². The van der Waals surface area contributed by atoms with Crippen LogP contribution in [0, 0.1) is 6.92 Å². The summed E-state index contributed by atoms with van der Waals surface area (Å²) in [4.78, 5) is 16.2. The third-order valence-electron chi connectivity index (χ3n) is 5.82. The van der Waals surface area contributed by atoms with Gasteiger partial charge in [0.1, 0.15) is 18.2 Å². The number of nitrogens with zero attached hydrogens (tertiary/aromatic N) is 2. The number of aryl methyl sites for hydroxylation is 2. The number of para-hydroxylation sites is 2. The Labute approximate surface area is 192 Å². The van der Waals surface area contributed by atoms with Crippen LogP contribution < -0.4 is 10.1 Å². The van der Waals surface area contributed by atoms with Gasteiger partial charge in [0.05, 0.1) is 17.6 Å². The number of unbranched alkanes of at least 4 members (excludes halogenated alkanes) is 2. The number of aromatic nitrogens is 2. The van der Waals surface area contributed by atoms with Crippen molar-refractivity contribution in [1.82, 2.24) is 14.9 Å². The van der Waals surface area contributed by atoms with E-state index in [9.17, 15) is 4.79 Å². The van der Waals surface area contributed by atoms with Crippen LogP contribution in [0.4, 0.5) is 0 Å². The monoisotopic (exact) mass is 435 g/mol. The predicted octanol–water partition coefficient (Wildman–Crippen LogP) is 5.79. The zero-order valence-electron chi connectivity index (χ0n) is 20.0. The molecule has 3 rings (SSSR count). The van der Waals surface area contributed by atoms with Gasteiger partial charge in [-0.1, -0.05) is 51.5 Å². The van der Waals surface area contributed by atoms with Gasteiger partial charge in [0, 0.05) is 19.4 Å². The van der Waals surface area contributed by atoms with Crippen LogP contribution >= 0.6 is 0 Å². The van der Waals surface area contributed by atoms with Crippen molar-refractivity contribution >= 4 is 16.9 Å². The molecule has 0 aliphatic carbocycles. The minimum absolute atomic E-state index is 0.126. The lowest BCUT2D eigenvalue weighted by Crippen LogP contribution is -2.23. The molecule has 0 unspecified atom stereocenters. The number of hydrogen-bond donors (Lipinski definition) is 1. The molecule has 32 heavy (non-hydrogen) atoms. The largest absolute Gasteiger partial charge is 0.491 e. The van der Waals surface area contributed by atoms with Gasteiger partial charge in [0.2, 0.25) is 5.91 Å². The van der Waals surface area contributed by atoms with Crippen molar-refractivity contribution in [3.63, 3.8) is 0 Å². The van der Waals surface area contributed by atoms with Gasteiger partial charge in [0.25, 0.3) is 0 Å². The first-order valence-electron chi connectivity index (χ1n) is 11.9. The van der Waals surface area contributed by atoms with Crippen molar-refractivity contribution in [3.8, 4) is 5.75 Å². The highest BCUT2D eigenvalue weighted by Gasteiger charge is 2.12. The Bertz CT molecular complexity index is 1020. The summed E-state index contributed by atoms with van der Waals surface area (Å²) in [6.07, 6.45) is 4.61. The van der Waals surface area contributed by atoms with Crippen LogP contribution in [-0.4, -0.2) is 28.6 Å². The molecule has 0 bridgehead atoms. The molecule has 0 aliphatic rings. The lowest BCUT2D eigenvalue weighted by molar-refractivity contribution is -0.120. The molecular weight excluding hydrogens is 398 g/mol. The first-order chi connectivity index (χ1) is 15.5. The quantitative estimate of drug-likeness (QED) is 0.367. The second-order valence-electron chi connectivity index (χ2n) is 8.73. The van der Waals surface area contributed by atoms with Crippen molar-refractivity contribution in [2.75, 3.05) is 13.2 Å². The lowest BCUT2D eigenvalue weighted by Gasteiger charge is -2.16. The molecule has 0 fully saturated rings. The number of rotatable bonds is 12. The van der Waals surface area contributed by atoms with E-state index in [-0.39, 0.29) is 5.91 Å². The van der Waals surface area contributed by atoms with E-state index in [0.29, 0.717) is 18.9 Å². The molecule has 2 aromatic carbocycles. The molecule has 5 heteroatoms. The Morgan fingerprint density at radius 3 is 2.72 bits per heavy atom. The van der Waals surface area contributed by atoms with Crippen molar-refractivity contribution < 1.29 is 9.53 Å². The maximum absolute atomic E-state index is 11.4. The highest BCUT2D eigenvalue weighted by Crippen LogP contribution is 2.27. The summed E-state index contributed by atoms with van der Waals surface area (Å²) in [6.45, 7) is 10.5. The first-order valence-corrected chi connectivity index (χ1v) is 11.9. The number of nitrogens with one attached hydrogen (secondary N) is 1. The summed E-state index contributed by atoms with van der Waals surface area (Å²) < 4.78 is 8.56. The maximum Gasteiger partial charge on any atom is 0.219 e. The second kappa shape index (κ2) is 11.7. The standard InChI is InChI=1S/C27H37N3O2/c1-5-27(31)28-16-10-6-7-13-26-29-23-11-8-9-12-24(23)30(26)17-18-32-25-19-21(4)14-15-22(25)20(2)3/h8-9,11-12,14-15,19-20H,5-7,10,13,16-18H2,1-4H3,(H,28,31). The molecule has 0 atom stereocenters. The van der Waals surface area contributed by atoms with Crippen molar-refractivity contribution in [2.45, 2.75) is 72.3 Å². The van der Waals surface area contributed by atoms with E-state index < -0.39 is 0 Å². The zero-order valence-corrected chi connectivity index (χ0v) is 20.0. The molecule has 0 aliphatic heterocycles. The predicted molar refractivity (Wildman–Crippen MR) is 131 cm³/mol. The van der Waals surface area contributed by atoms with Gasteiger partial charge in [-0.25, -0.2) is 4.98 Å². The summed E-state index contributed by atoms with van der Waals surface area (Å²) in [5.74, 6) is 2.65. The molecule has 172 valence electrons. The first kappa shape index (κ1) is 23.8. The summed E-state index contributed by atoms with van der Waals surface area (Å²) in [6, 6.07) is 14.8. The molecule has 1 amide bonds. The average molecular weight is 436 g/mol. The molecule has 1 heterocycles. The zero-order chi connectivity index (χ0) is 22.9. The Morgan fingerprint density at radius 2 is 1.94 bits per heavy atom. The van der Waals surface area contributed by atoms with Crippen LogP contribution in [0.15, 0.2) is 42.5 Å². The fourth-order valence-electron chi connectivity index (χ4n) is 3.99. The second-order valence-corrected chi connectivity index (χ2v) is 8.73. The third kappa shape index (κ3) is 6.35. The minimum atomic E-state index is 0.126. The number of benzene rings is 2. The van der Waals surface area contributed by atoms with Gasteiger partial charge >= 0.3 is 0 Å². The molecule has 0 radical (unpaired) electrons. The highest BCUT2D eigenvalue weighted by atomic mass is 16.5. The van der Waals surface area contributed by atoms with E-state index >= 15 is 0 Å². The van der Waals surface area contributed by atoms with Crippen LogP contribution in [0.5, 0.6) is 5.75 Å². The van der Waals surface area contributed by atoms with Crippen LogP contribution in [0.3, 0.4) is 0 Å². The average Bonchev–Trinajstić information content (AvgIpc) is 3.13. The number of imidazole rings is 1. The fraction of sp³-hybridized carbons (Fsp3) is 0.481. The Balaban J connectivity index is 1.62. The number of fused-ring (bicyclic) bond motifs is 1. The molecular formula is C27H37N3O2. The highest BCUT2D eigenvalue weighted by molar-refractivity contribution is 5.76. The Kier molecular flexibility index (Phi) is 8.72. The smallest absolute Gasteiger partial charge is 0.219 e. The number of amides is 1. The van der Waals surface area contributed by atoms with E-state index in [1.54, 1.807) is 0 Å². The van der Waals surface area contributed by atoms with Gasteiger partial charge in [0.15, 0.2) is 0 Å². The lowest BCUT2D eigenvalue weighted by atomic mass is 10.0. The van der Waals surface area contributed by atoms with E-state index in [1.165, 1.54) is 11.1 Å². The normalized spacial score (nSPS) is 11.3. The third-order valence-corrected chi connectivity index (χ3v) is 5.82. The van der Waals surface area contributed by atoms with Gasteiger partial charge in [-0.05, 0) is 55.0 Å². The Morgan fingerprint density at radius 1 is 1.12 bits per heavy atom. The molecule has 5 nitrogen and oxygen atoms in total. The summed E-state index contributed by atoms with van der Waals surface area (Å²) in [5, 5.41) is 2.95. The van der Waals surface area contributed by atoms with Gasteiger partial charge < -0.3 is 14.6 Å². The van der Waals surface area contributed by atoms with E-state index in [2.05, 4.69) is 67.1 Å². The topological polar surface area (TPSA) is 56.2 Å². The van der Waals surface area contributed by atoms with Crippen molar-refractivity contribution in [2.24, 2.45) is 0 Å². The number of carbonyl (C=O) groups is 1. The molecule has 1 aromatic heterocycles. The SMILES string of the molecule is CCC(=O)NCCCCCc1nc2ccccc2n1CCOc1cc(C)ccc1C(C)C. The number of hydrogen-bond acceptors (Lipinski definition) is 3. The fourth-order valence-corrected chi connectivity index (χ4v) is 3.99. The molecule has 1 N–H and O–H groups in total. The van der Waals surface area contributed by atoms with E-state index in [1.807, 2.05) is 13.0 Å². The summed E-state index contributed by atoms with van der Waals surface area (Å²) in [7, 11) is 0. The number of carbonyl (C=O) groups excluding carboxylic acids is 1. The van der Waals surface area contributed by atoms with Gasteiger partial charge in [-0.2, -0.15) is 0 Å². The van der Waals surface area contributed by atoms with Crippen molar-refractivity contribution in [3.05, 3.63) is 59.4 Å². The van der Waals surface area contributed by atoms with Gasteiger partial charge in [-0.15, -0.1) is 0 Å². The van der Waals surface area contributed by atoms with Crippen LogP contribution in [0.25, 0.3) is 11.0 Å². The molecule has 0 spiro atoms. The van der Waals surface area contributed by atoms with E-state index in [0.717, 1.165) is 61.4 Å². The number of ether oxygens (including phenoxy) is 1. The molecule has 0 saturated carbocycles. The van der Waals surface area contributed by atoms with Crippen LogP contribution in [0.1, 0.15) is 69.3 Å². The minimum Gasteiger partial charge on any atom is -0.491 e. The molecule has 3 aromatic rings. The van der Waals surface area contributed by atoms with Crippen LogP contribution in [-0.2, 0) is 17.8 Å². The van der Waals surface area contributed by atoms with Crippen LogP contribution in [0.2, 0.25) is 0 Å². The molecule has 0 saturated heterocycles. The Hall–Kier alpha value is -2.82. The summed E-state index contributed by atoms with van der Waals surface area (Å²) in [5.41, 5.74) is 4.67. The van der Waals surface area contributed by atoms with Crippen molar-refractivity contribution in [1.29, 1.82) is 0 Å². The van der Waals surface area contributed by atoms with E-state index in [4.69, 9.17) is 9.72 Å². The summed E-state index contributed by atoms with van der Waals surface area (Å²) >= 11 is 0.